The molecule has 102 valence electrons. The Morgan fingerprint density at radius 1 is 1.06 bits per heavy atom. The van der Waals surface area contributed by atoms with E-state index in [1.54, 1.807) is 0 Å². The fourth-order valence-electron chi connectivity index (χ4n) is 2.31. The second-order valence-electron chi connectivity index (χ2n) is 4.86. The quantitative estimate of drug-likeness (QED) is 0.541. The van der Waals surface area contributed by atoms with E-state index >= 15 is 0 Å². The summed E-state index contributed by atoms with van der Waals surface area (Å²) in [6.07, 6.45) is 8.45. The average Bonchev–Trinajstić information content (AvgIpc) is 2.53. The molecule has 0 spiro atoms. The lowest BCUT2D eigenvalue weighted by Gasteiger charge is -2.16. The van der Waals surface area contributed by atoms with Crippen molar-refractivity contribution in [3.8, 4) is 0 Å². The van der Waals surface area contributed by atoms with Crippen molar-refractivity contribution in [3.63, 3.8) is 0 Å². The van der Waals surface area contributed by atoms with Gasteiger partial charge in [0.1, 0.15) is 0 Å². The Hall–Kier alpha value is -0.130. The van der Waals surface area contributed by atoms with Crippen molar-refractivity contribution in [2.24, 2.45) is 0 Å². The van der Waals surface area contributed by atoms with Crippen molar-refractivity contribution in [1.82, 2.24) is 10.0 Å². The molecule has 0 radical (unpaired) electrons. The topological polar surface area (TPSA) is 58.2 Å². The Bertz CT molecular complexity index is 283. The van der Waals surface area contributed by atoms with Crippen LogP contribution in [0.4, 0.5) is 0 Å². The Balaban J connectivity index is 2.10. The van der Waals surface area contributed by atoms with Gasteiger partial charge in [0.15, 0.2) is 0 Å². The van der Waals surface area contributed by atoms with Crippen molar-refractivity contribution in [2.75, 3.05) is 18.8 Å². The van der Waals surface area contributed by atoms with Crippen LogP contribution < -0.4 is 10.0 Å². The molecule has 1 aliphatic rings. The molecule has 1 fully saturated rings. The maximum absolute atomic E-state index is 11.4. The smallest absolute Gasteiger partial charge is 0.211 e. The lowest BCUT2D eigenvalue weighted by atomic mass is 10.1. The number of sulfonamides is 1. The normalized spacial score (nSPS) is 19.1. The number of hydrogen-bond acceptors (Lipinski definition) is 3. The van der Waals surface area contributed by atoms with Crippen molar-refractivity contribution in [3.05, 3.63) is 0 Å². The molecular weight excluding hydrogens is 236 g/mol. The van der Waals surface area contributed by atoms with E-state index < -0.39 is 10.0 Å². The van der Waals surface area contributed by atoms with Gasteiger partial charge in [-0.2, -0.15) is 0 Å². The maximum atomic E-state index is 11.4. The van der Waals surface area contributed by atoms with Gasteiger partial charge in [0.25, 0.3) is 0 Å². The van der Waals surface area contributed by atoms with Crippen LogP contribution in [0.2, 0.25) is 0 Å². The molecular formula is C12H26N2O2S. The van der Waals surface area contributed by atoms with E-state index in [-0.39, 0.29) is 5.75 Å². The van der Waals surface area contributed by atoms with Crippen LogP contribution in [0.15, 0.2) is 0 Å². The van der Waals surface area contributed by atoms with Crippen LogP contribution >= 0.6 is 0 Å². The van der Waals surface area contributed by atoms with Gasteiger partial charge in [-0.3, -0.25) is 0 Å². The molecule has 0 amide bonds. The third-order valence-electron chi connectivity index (χ3n) is 3.21. The fourth-order valence-corrected chi connectivity index (χ4v) is 3.40. The first-order valence-electron chi connectivity index (χ1n) is 6.85. The Labute approximate surface area is 106 Å². The van der Waals surface area contributed by atoms with Gasteiger partial charge in [-0.15, -0.1) is 0 Å². The van der Waals surface area contributed by atoms with Crippen molar-refractivity contribution in [2.45, 2.75) is 57.9 Å². The summed E-state index contributed by atoms with van der Waals surface area (Å²) in [7, 11) is -3.03. The van der Waals surface area contributed by atoms with Crippen LogP contribution in [0.1, 0.15) is 51.9 Å². The van der Waals surface area contributed by atoms with Gasteiger partial charge in [-0.05, 0) is 19.3 Å². The van der Waals surface area contributed by atoms with Crippen molar-refractivity contribution in [1.29, 1.82) is 0 Å². The first kappa shape index (κ1) is 14.9. The highest BCUT2D eigenvalue weighted by atomic mass is 32.2. The van der Waals surface area contributed by atoms with E-state index in [2.05, 4.69) is 10.0 Å². The Kier molecular flexibility index (Phi) is 7.08. The summed E-state index contributed by atoms with van der Waals surface area (Å²) >= 11 is 0. The molecule has 0 saturated heterocycles. The van der Waals surface area contributed by atoms with Crippen molar-refractivity contribution >= 4 is 10.0 Å². The fraction of sp³-hybridized carbons (Fsp3) is 1.00. The van der Waals surface area contributed by atoms with Gasteiger partial charge in [0.05, 0.1) is 5.75 Å². The molecule has 0 atom stereocenters. The summed E-state index contributed by atoms with van der Waals surface area (Å²) in [6.45, 7) is 3.13. The number of hydrogen-bond donors (Lipinski definition) is 2. The van der Waals surface area contributed by atoms with Crippen LogP contribution in [0.3, 0.4) is 0 Å². The second-order valence-corrected chi connectivity index (χ2v) is 6.78. The van der Waals surface area contributed by atoms with Gasteiger partial charge in [0.2, 0.25) is 10.0 Å². The maximum Gasteiger partial charge on any atom is 0.211 e. The summed E-state index contributed by atoms with van der Waals surface area (Å²) < 4.78 is 25.4. The zero-order valence-electron chi connectivity index (χ0n) is 10.9. The molecule has 2 N–H and O–H groups in total. The van der Waals surface area contributed by atoms with E-state index in [0.29, 0.717) is 19.0 Å². The van der Waals surface area contributed by atoms with E-state index in [9.17, 15) is 8.42 Å². The molecule has 0 unspecified atom stereocenters. The molecule has 0 aromatic heterocycles. The molecule has 17 heavy (non-hydrogen) atoms. The zero-order valence-corrected chi connectivity index (χ0v) is 11.7. The van der Waals surface area contributed by atoms with Gasteiger partial charge >= 0.3 is 0 Å². The molecule has 4 nitrogen and oxygen atoms in total. The Morgan fingerprint density at radius 3 is 2.29 bits per heavy atom. The van der Waals surface area contributed by atoms with E-state index in [0.717, 1.165) is 6.54 Å². The SMILES string of the molecule is CCCS(=O)(=O)NCCNC1CCCCCC1. The van der Waals surface area contributed by atoms with Crippen LogP contribution in [0, 0.1) is 0 Å². The largest absolute Gasteiger partial charge is 0.313 e. The van der Waals surface area contributed by atoms with Crippen molar-refractivity contribution < 1.29 is 8.42 Å². The highest BCUT2D eigenvalue weighted by Crippen LogP contribution is 2.16. The molecule has 0 aromatic carbocycles. The van der Waals surface area contributed by atoms with E-state index in [1.165, 1.54) is 38.5 Å². The van der Waals surface area contributed by atoms with Crippen LogP contribution in [-0.2, 0) is 10.0 Å². The van der Waals surface area contributed by atoms with Crippen LogP contribution in [0.5, 0.6) is 0 Å². The number of nitrogens with one attached hydrogen (secondary N) is 2. The minimum Gasteiger partial charge on any atom is -0.313 e. The highest BCUT2D eigenvalue weighted by Gasteiger charge is 2.12. The van der Waals surface area contributed by atoms with Crippen LogP contribution in [0.25, 0.3) is 0 Å². The minimum absolute atomic E-state index is 0.233. The first-order chi connectivity index (χ1) is 8.14. The predicted octanol–water partition coefficient (Wildman–Crippen LogP) is 1.63. The number of rotatable bonds is 7. The summed E-state index contributed by atoms with van der Waals surface area (Å²) in [5.74, 6) is 0.233. The van der Waals surface area contributed by atoms with E-state index in [4.69, 9.17) is 0 Å². The summed E-state index contributed by atoms with van der Waals surface area (Å²) in [4.78, 5) is 0. The van der Waals surface area contributed by atoms with Gasteiger partial charge in [-0.1, -0.05) is 32.6 Å². The molecule has 0 aliphatic heterocycles. The Morgan fingerprint density at radius 2 is 1.71 bits per heavy atom. The summed E-state index contributed by atoms with van der Waals surface area (Å²) in [6, 6.07) is 0.591. The first-order valence-corrected chi connectivity index (χ1v) is 8.50. The second kappa shape index (κ2) is 8.06. The van der Waals surface area contributed by atoms with Gasteiger partial charge in [0, 0.05) is 19.1 Å². The third kappa shape index (κ3) is 7.01. The highest BCUT2D eigenvalue weighted by molar-refractivity contribution is 7.89. The molecule has 1 rings (SSSR count). The molecule has 0 heterocycles. The lowest BCUT2D eigenvalue weighted by molar-refractivity contribution is 0.461. The molecule has 1 aliphatic carbocycles. The molecule has 0 bridgehead atoms. The summed E-state index contributed by atoms with van der Waals surface area (Å²) in [5, 5.41) is 3.45. The van der Waals surface area contributed by atoms with Crippen LogP contribution in [-0.4, -0.2) is 33.3 Å². The summed E-state index contributed by atoms with van der Waals surface area (Å²) in [5.41, 5.74) is 0. The predicted molar refractivity (Wildman–Crippen MR) is 71.6 cm³/mol. The molecule has 5 heteroatoms. The third-order valence-corrected chi connectivity index (χ3v) is 4.80. The van der Waals surface area contributed by atoms with E-state index in [1.807, 2.05) is 6.92 Å². The van der Waals surface area contributed by atoms with Gasteiger partial charge in [-0.25, -0.2) is 13.1 Å². The molecule has 1 saturated carbocycles. The zero-order chi connectivity index (χ0) is 12.6. The average molecular weight is 262 g/mol. The standard InChI is InChI=1S/C12H26N2O2S/c1-2-11-17(15,16)14-10-9-13-12-7-5-3-4-6-8-12/h12-14H,2-11H2,1H3. The lowest BCUT2D eigenvalue weighted by Crippen LogP contribution is -2.37. The van der Waals surface area contributed by atoms with Gasteiger partial charge < -0.3 is 5.32 Å². The molecule has 0 aromatic rings. The minimum atomic E-state index is -3.03. The monoisotopic (exact) mass is 262 g/mol.